The molecule has 0 spiro atoms. The van der Waals surface area contributed by atoms with Gasteiger partial charge in [-0.1, -0.05) is 28.1 Å². The Bertz CT molecular complexity index is 377. The molecule has 0 radical (unpaired) electrons. The standard InChI is InChI=1S/C17H27BrN2O/c18-9-1-4-14-21-17-7-5-16(6-8-17)15-19-10-13-20-11-2-3-12-20/h5-8,19H,1-4,9-15H2. The van der Waals surface area contributed by atoms with Crippen molar-refractivity contribution in [3.63, 3.8) is 0 Å². The average Bonchev–Trinajstić information content (AvgIpc) is 3.03. The van der Waals surface area contributed by atoms with E-state index in [0.29, 0.717) is 0 Å². The van der Waals surface area contributed by atoms with Gasteiger partial charge in [0.1, 0.15) is 5.75 Å². The number of rotatable bonds is 10. The van der Waals surface area contributed by atoms with E-state index in [9.17, 15) is 0 Å². The van der Waals surface area contributed by atoms with Gasteiger partial charge in [0.05, 0.1) is 6.61 Å². The lowest BCUT2D eigenvalue weighted by Gasteiger charge is -2.14. The molecule has 0 atom stereocenters. The minimum Gasteiger partial charge on any atom is -0.494 e. The Morgan fingerprint density at radius 2 is 1.86 bits per heavy atom. The highest BCUT2D eigenvalue weighted by Crippen LogP contribution is 2.13. The van der Waals surface area contributed by atoms with E-state index in [1.165, 1.54) is 44.5 Å². The third kappa shape index (κ3) is 6.81. The predicted octanol–water partition coefficient (Wildman–Crippen LogP) is 3.43. The topological polar surface area (TPSA) is 24.5 Å². The van der Waals surface area contributed by atoms with Gasteiger partial charge in [-0.3, -0.25) is 0 Å². The molecule has 3 nitrogen and oxygen atoms in total. The molecule has 1 fully saturated rings. The van der Waals surface area contributed by atoms with E-state index in [2.05, 4.69) is 50.4 Å². The zero-order valence-corrected chi connectivity index (χ0v) is 14.4. The molecule has 1 aliphatic rings. The van der Waals surface area contributed by atoms with Crippen molar-refractivity contribution in [3.8, 4) is 5.75 Å². The fourth-order valence-corrected chi connectivity index (χ4v) is 2.96. The van der Waals surface area contributed by atoms with E-state index in [4.69, 9.17) is 4.74 Å². The van der Waals surface area contributed by atoms with Crippen molar-refractivity contribution in [2.24, 2.45) is 0 Å². The number of alkyl halides is 1. The van der Waals surface area contributed by atoms with E-state index >= 15 is 0 Å². The Labute approximate surface area is 137 Å². The average molecular weight is 355 g/mol. The summed E-state index contributed by atoms with van der Waals surface area (Å²) in [7, 11) is 0. The van der Waals surface area contributed by atoms with Gasteiger partial charge in [0.25, 0.3) is 0 Å². The van der Waals surface area contributed by atoms with Gasteiger partial charge in [-0.25, -0.2) is 0 Å². The molecule has 118 valence electrons. The van der Waals surface area contributed by atoms with Crippen LogP contribution in [0.1, 0.15) is 31.2 Å². The first-order valence-corrected chi connectivity index (χ1v) is 9.21. The summed E-state index contributed by atoms with van der Waals surface area (Å²) < 4.78 is 5.71. The fourth-order valence-electron chi connectivity index (χ4n) is 2.57. The van der Waals surface area contributed by atoms with Gasteiger partial charge < -0.3 is 15.0 Å². The number of likely N-dealkylation sites (tertiary alicyclic amines) is 1. The monoisotopic (exact) mass is 354 g/mol. The maximum atomic E-state index is 5.71. The van der Waals surface area contributed by atoms with Gasteiger partial charge in [0, 0.05) is 25.0 Å². The third-order valence-corrected chi connectivity index (χ3v) is 4.41. The molecule has 1 heterocycles. The quantitative estimate of drug-likeness (QED) is 0.514. The minimum absolute atomic E-state index is 0.805. The molecular formula is C17H27BrN2O. The molecule has 0 amide bonds. The van der Waals surface area contributed by atoms with Crippen molar-refractivity contribution >= 4 is 15.9 Å². The molecule has 1 aromatic carbocycles. The smallest absolute Gasteiger partial charge is 0.119 e. The second-order valence-corrected chi connectivity index (χ2v) is 6.41. The summed E-state index contributed by atoms with van der Waals surface area (Å²) in [5.41, 5.74) is 1.32. The molecule has 1 aromatic rings. The molecule has 0 aromatic heterocycles. The maximum absolute atomic E-state index is 5.71. The number of nitrogens with one attached hydrogen (secondary N) is 1. The van der Waals surface area contributed by atoms with E-state index in [1.54, 1.807) is 0 Å². The van der Waals surface area contributed by atoms with Gasteiger partial charge in [0.2, 0.25) is 0 Å². The highest BCUT2D eigenvalue weighted by molar-refractivity contribution is 9.09. The van der Waals surface area contributed by atoms with E-state index in [0.717, 1.165) is 37.2 Å². The first-order valence-electron chi connectivity index (χ1n) is 8.09. The first-order chi connectivity index (χ1) is 10.4. The number of hydrogen-bond donors (Lipinski definition) is 1. The molecule has 0 aliphatic carbocycles. The second-order valence-electron chi connectivity index (χ2n) is 5.61. The summed E-state index contributed by atoms with van der Waals surface area (Å²) in [6.07, 6.45) is 5.01. The summed E-state index contributed by atoms with van der Waals surface area (Å²) in [6.45, 7) is 6.56. The Morgan fingerprint density at radius 1 is 1.10 bits per heavy atom. The lowest BCUT2D eigenvalue weighted by molar-refractivity contribution is 0.310. The number of halogens is 1. The van der Waals surface area contributed by atoms with Crippen LogP contribution >= 0.6 is 15.9 Å². The number of unbranched alkanes of at least 4 members (excludes halogenated alkanes) is 1. The minimum atomic E-state index is 0.805. The van der Waals surface area contributed by atoms with Crippen LogP contribution in [0.25, 0.3) is 0 Å². The van der Waals surface area contributed by atoms with Crippen molar-refractivity contribution in [2.45, 2.75) is 32.2 Å². The SMILES string of the molecule is BrCCCCOc1ccc(CNCCN2CCCC2)cc1. The summed E-state index contributed by atoms with van der Waals surface area (Å²) in [6, 6.07) is 8.46. The zero-order valence-electron chi connectivity index (χ0n) is 12.8. The largest absolute Gasteiger partial charge is 0.494 e. The van der Waals surface area contributed by atoms with Crippen LogP contribution in [-0.2, 0) is 6.54 Å². The lowest BCUT2D eigenvalue weighted by Crippen LogP contribution is -2.29. The van der Waals surface area contributed by atoms with Gasteiger partial charge in [-0.2, -0.15) is 0 Å². The summed E-state index contributed by atoms with van der Waals surface area (Å²) in [5, 5.41) is 4.57. The first kappa shape index (κ1) is 16.8. The molecule has 2 rings (SSSR count). The van der Waals surface area contributed by atoms with Crippen molar-refractivity contribution in [2.75, 3.05) is 38.1 Å². The molecular weight excluding hydrogens is 328 g/mol. The molecule has 0 unspecified atom stereocenters. The van der Waals surface area contributed by atoms with Crippen LogP contribution in [0.4, 0.5) is 0 Å². The van der Waals surface area contributed by atoms with Crippen LogP contribution in [0, 0.1) is 0 Å². The molecule has 0 saturated carbocycles. The van der Waals surface area contributed by atoms with Gasteiger partial charge in [0.15, 0.2) is 0 Å². The Balaban J connectivity index is 1.58. The molecule has 4 heteroatoms. The Hall–Kier alpha value is -0.580. The Kier molecular flexibility index (Phi) is 8.15. The van der Waals surface area contributed by atoms with Gasteiger partial charge >= 0.3 is 0 Å². The highest BCUT2D eigenvalue weighted by Gasteiger charge is 2.09. The van der Waals surface area contributed by atoms with E-state index < -0.39 is 0 Å². The van der Waals surface area contributed by atoms with Crippen LogP contribution < -0.4 is 10.1 Å². The van der Waals surface area contributed by atoms with E-state index in [-0.39, 0.29) is 0 Å². The Morgan fingerprint density at radius 3 is 2.57 bits per heavy atom. The van der Waals surface area contributed by atoms with Crippen molar-refractivity contribution in [3.05, 3.63) is 29.8 Å². The fraction of sp³-hybridized carbons (Fsp3) is 0.647. The van der Waals surface area contributed by atoms with Gasteiger partial charge in [-0.15, -0.1) is 0 Å². The van der Waals surface area contributed by atoms with Crippen molar-refractivity contribution in [1.82, 2.24) is 10.2 Å². The molecule has 1 saturated heterocycles. The lowest BCUT2D eigenvalue weighted by atomic mass is 10.2. The van der Waals surface area contributed by atoms with Gasteiger partial charge in [-0.05, 0) is 56.5 Å². The molecule has 1 aliphatic heterocycles. The summed E-state index contributed by atoms with van der Waals surface area (Å²) in [4.78, 5) is 2.54. The molecule has 0 bridgehead atoms. The van der Waals surface area contributed by atoms with Crippen LogP contribution in [0.15, 0.2) is 24.3 Å². The van der Waals surface area contributed by atoms with Crippen molar-refractivity contribution in [1.29, 1.82) is 0 Å². The number of benzene rings is 1. The van der Waals surface area contributed by atoms with Crippen LogP contribution in [0.2, 0.25) is 0 Å². The van der Waals surface area contributed by atoms with Crippen LogP contribution in [0.5, 0.6) is 5.75 Å². The highest BCUT2D eigenvalue weighted by atomic mass is 79.9. The normalized spacial score (nSPS) is 15.5. The predicted molar refractivity (Wildman–Crippen MR) is 92.3 cm³/mol. The van der Waals surface area contributed by atoms with Crippen LogP contribution in [-0.4, -0.2) is 43.0 Å². The number of ether oxygens (including phenoxy) is 1. The summed E-state index contributed by atoms with van der Waals surface area (Å²) >= 11 is 3.43. The van der Waals surface area contributed by atoms with Crippen molar-refractivity contribution < 1.29 is 4.74 Å². The summed E-state index contributed by atoms with van der Waals surface area (Å²) in [5.74, 6) is 0.977. The third-order valence-electron chi connectivity index (χ3n) is 3.85. The maximum Gasteiger partial charge on any atom is 0.119 e. The van der Waals surface area contributed by atoms with E-state index in [1.807, 2.05) is 0 Å². The number of hydrogen-bond acceptors (Lipinski definition) is 3. The number of nitrogens with zero attached hydrogens (tertiary/aromatic N) is 1. The second kappa shape index (κ2) is 10.2. The molecule has 21 heavy (non-hydrogen) atoms. The zero-order chi connectivity index (χ0) is 14.8. The van der Waals surface area contributed by atoms with Crippen LogP contribution in [0.3, 0.4) is 0 Å². The molecule has 1 N–H and O–H groups in total.